The van der Waals surface area contributed by atoms with Crippen LogP contribution in [0.3, 0.4) is 0 Å². The van der Waals surface area contributed by atoms with Gasteiger partial charge in [0.2, 0.25) is 0 Å². The molecule has 0 heterocycles. The van der Waals surface area contributed by atoms with Crippen LogP contribution in [0.1, 0.15) is 38.2 Å². The first kappa shape index (κ1) is 13.8. The van der Waals surface area contributed by atoms with Crippen LogP contribution in [0, 0.1) is 5.41 Å². The van der Waals surface area contributed by atoms with Gasteiger partial charge in [-0.1, -0.05) is 37.8 Å². The first-order chi connectivity index (χ1) is 8.15. The summed E-state index contributed by atoms with van der Waals surface area (Å²) in [5, 5.41) is 7.77. The molecular weight excluding hydrogens is 236 g/mol. The van der Waals surface area contributed by atoms with Crippen LogP contribution in [-0.2, 0) is 0 Å². The molecule has 94 valence electrons. The number of amidine groups is 1. The number of ether oxygens (including phenoxy) is 1. The molecule has 0 aliphatic rings. The zero-order valence-electron chi connectivity index (χ0n) is 10.1. The molecule has 0 atom stereocenters. The van der Waals surface area contributed by atoms with Crippen LogP contribution in [0.15, 0.2) is 18.2 Å². The number of halogens is 1. The van der Waals surface area contributed by atoms with E-state index in [0.29, 0.717) is 17.2 Å². The second-order valence-electron chi connectivity index (χ2n) is 3.96. The number of hydrogen-bond acceptors (Lipinski definition) is 2. The van der Waals surface area contributed by atoms with Gasteiger partial charge in [0.1, 0.15) is 11.6 Å². The lowest BCUT2D eigenvalue weighted by Gasteiger charge is -2.08. The first-order valence-electron chi connectivity index (χ1n) is 5.92. The van der Waals surface area contributed by atoms with Gasteiger partial charge < -0.3 is 10.5 Å². The molecule has 0 aromatic heterocycles. The molecule has 0 saturated carbocycles. The van der Waals surface area contributed by atoms with Crippen LogP contribution in [-0.4, -0.2) is 12.4 Å². The molecule has 4 heteroatoms. The number of nitrogen functional groups attached to an aromatic ring is 1. The Bertz CT molecular complexity index is 380. The molecule has 1 rings (SSSR count). The van der Waals surface area contributed by atoms with E-state index in [-0.39, 0.29) is 5.84 Å². The van der Waals surface area contributed by atoms with Crippen molar-refractivity contribution >= 4 is 17.4 Å². The van der Waals surface area contributed by atoms with Crippen LogP contribution < -0.4 is 10.5 Å². The molecule has 0 spiro atoms. The predicted molar refractivity (Wildman–Crippen MR) is 72.1 cm³/mol. The third kappa shape index (κ3) is 4.65. The first-order valence-corrected chi connectivity index (χ1v) is 6.29. The average molecular weight is 255 g/mol. The Morgan fingerprint density at radius 1 is 1.35 bits per heavy atom. The predicted octanol–water partition coefficient (Wildman–Crippen LogP) is 3.58. The summed E-state index contributed by atoms with van der Waals surface area (Å²) in [6, 6.07) is 5.21. The maximum Gasteiger partial charge on any atom is 0.124 e. The van der Waals surface area contributed by atoms with Crippen molar-refractivity contribution in [3.05, 3.63) is 28.8 Å². The minimum atomic E-state index is -0.0236. The van der Waals surface area contributed by atoms with E-state index in [0.717, 1.165) is 12.2 Å². The summed E-state index contributed by atoms with van der Waals surface area (Å²) in [5.74, 6) is 0.709. The van der Waals surface area contributed by atoms with Gasteiger partial charge in [0.05, 0.1) is 11.6 Å². The normalized spacial score (nSPS) is 10.2. The number of benzene rings is 1. The van der Waals surface area contributed by atoms with Crippen LogP contribution >= 0.6 is 11.6 Å². The van der Waals surface area contributed by atoms with E-state index in [1.54, 1.807) is 18.2 Å². The highest BCUT2D eigenvalue weighted by atomic mass is 35.5. The van der Waals surface area contributed by atoms with E-state index in [4.69, 9.17) is 27.5 Å². The highest BCUT2D eigenvalue weighted by Gasteiger charge is 2.04. The maximum atomic E-state index is 7.31. The number of nitrogens with one attached hydrogen (secondary N) is 1. The molecule has 0 fully saturated rings. The van der Waals surface area contributed by atoms with Gasteiger partial charge in [0.15, 0.2) is 0 Å². The summed E-state index contributed by atoms with van der Waals surface area (Å²) < 4.78 is 5.57. The zero-order chi connectivity index (χ0) is 12.7. The summed E-state index contributed by atoms with van der Waals surface area (Å²) >= 11 is 5.99. The molecular formula is C13H19ClN2O. The Kier molecular flexibility index (Phi) is 5.84. The van der Waals surface area contributed by atoms with Gasteiger partial charge in [-0.2, -0.15) is 0 Å². The quantitative estimate of drug-likeness (QED) is 0.444. The minimum absolute atomic E-state index is 0.0236. The largest absolute Gasteiger partial charge is 0.494 e. The molecule has 0 unspecified atom stereocenters. The zero-order valence-corrected chi connectivity index (χ0v) is 10.9. The smallest absolute Gasteiger partial charge is 0.124 e. The van der Waals surface area contributed by atoms with Gasteiger partial charge in [0.25, 0.3) is 0 Å². The second-order valence-corrected chi connectivity index (χ2v) is 4.37. The molecule has 17 heavy (non-hydrogen) atoms. The fraction of sp³-hybridized carbons (Fsp3) is 0.462. The van der Waals surface area contributed by atoms with Crippen molar-refractivity contribution in [3.63, 3.8) is 0 Å². The maximum absolute atomic E-state index is 7.31. The van der Waals surface area contributed by atoms with Crippen LogP contribution in [0.25, 0.3) is 0 Å². The summed E-state index contributed by atoms with van der Waals surface area (Å²) in [5.41, 5.74) is 5.92. The Morgan fingerprint density at radius 3 is 2.71 bits per heavy atom. The SMILES string of the molecule is CCCCCCOc1ccc(C(=N)N)c(Cl)c1. The van der Waals surface area contributed by atoms with Crippen molar-refractivity contribution in [2.45, 2.75) is 32.6 Å². The van der Waals surface area contributed by atoms with Gasteiger partial charge in [-0.05, 0) is 24.6 Å². The number of nitrogens with two attached hydrogens (primary N) is 1. The molecule has 0 aliphatic heterocycles. The van der Waals surface area contributed by atoms with Gasteiger partial charge in [-0.15, -0.1) is 0 Å². The molecule has 0 saturated heterocycles. The Balaban J connectivity index is 2.45. The highest BCUT2D eigenvalue weighted by molar-refractivity contribution is 6.34. The van der Waals surface area contributed by atoms with Crippen molar-refractivity contribution in [1.82, 2.24) is 0 Å². The summed E-state index contributed by atoms with van der Waals surface area (Å²) in [4.78, 5) is 0. The fourth-order valence-corrected chi connectivity index (χ4v) is 1.80. The van der Waals surface area contributed by atoms with Crippen LogP contribution in [0.5, 0.6) is 5.75 Å². The van der Waals surface area contributed by atoms with E-state index in [9.17, 15) is 0 Å². The third-order valence-corrected chi connectivity index (χ3v) is 2.81. The van der Waals surface area contributed by atoms with Gasteiger partial charge in [0, 0.05) is 5.56 Å². The van der Waals surface area contributed by atoms with Crippen molar-refractivity contribution in [2.24, 2.45) is 5.73 Å². The lowest BCUT2D eigenvalue weighted by Crippen LogP contribution is -2.11. The van der Waals surface area contributed by atoms with E-state index < -0.39 is 0 Å². The summed E-state index contributed by atoms with van der Waals surface area (Å²) in [7, 11) is 0. The molecule has 3 N–H and O–H groups in total. The fourth-order valence-electron chi connectivity index (χ4n) is 1.52. The topological polar surface area (TPSA) is 59.1 Å². The number of unbranched alkanes of at least 4 members (excludes halogenated alkanes) is 3. The third-order valence-electron chi connectivity index (χ3n) is 2.50. The monoisotopic (exact) mass is 254 g/mol. The lowest BCUT2D eigenvalue weighted by molar-refractivity contribution is 0.305. The summed E-state index contributed by atoms with van der Waals surface area (Å²) in [6.07, 6.45) is 4.71. The number of hydrogen-bond donors (Lipinski definition) is 2. The lowest BCUT2D eigenvalue weighted by atomic mass is 10.2. The van der Waals surface area contributed by atoms with Gasteiger partial charge >= 0.3 is 0 Å². The Labute approximate surface area is 107 Å². The summed E-state index contributed by atoms with van der Waals surface area (Å²) in [6.45, 7) is 2.89. The Hall–Kier alpha value is -1.22. The van der Waals surface area contributed by atoms with Crippen molar-refractivity contribution < 1.29 is 4.74 Å². The van der Waals surface area contributed by atoms with E-state index in [1.807, 2.05) is 0 Å². The van der Waals surface area contributed by atoms with E-state index >= 15 is 0 Å². The van der Waals surface area contributed by atoms with Crippen molar-refractivity contribution in [2.75, 3.05) is 6.61 Å². The second kappa shape index (κ2) is 7.17. The standard InChI is InChI=1S/C13H19ClN2O/c1-2-3-4-5-8-17-10-6-7-11(13(15)16)12(14)9-10/h6-7,9H,2-5,8H2,1H3,(H3,15,16). The molecule has 0 bridgehead atoms. The van der Waals surface area contributed by atoms with E-state index in [2.05, 4.69) is 6.92 Å². The van der Waals surface area contributed by atoms with Gasteiger partial charge in [-0.3, -0.25) is 5.41 Å². The Morgan fingerprint density at radius 2 is 2.12 bits per heavy atom. The van der Waals surface area contributed by atoms with Crippen molar-refractivity contribution in [1.29, 1.82) is 5.41 Å². The molecule has 1 aromatic rings. The van der Waals surface area contributed by atoms with Crippen molar-refractivity contribution in [3.8, 4) is 5.75 Å². The number of rotatable bonds is 7. The van der Waals surface area contributed by atoms with Gasteiger partial charge in [-0.25, -0.2) is 0 Å². The molecule has 0 aliphatic carbocycles. The molecule has 0 radical (unpaired) electrons. The molecule has 3 nitrogen and oxygen atoms in total. The molecule has 1 aromatic carbocycles. The molecule has 0 amide bonds. The van der Waals surface area contributed by atoms with E-state index in [1.165, 1.54) is 19.3 Å². The average Bonchev–Trinajstić information content (AvgIpc) is 2.28. The highest BCUT2D eigenvalue weighted by Crippen LogP contribution is 2.22. The van der Waals surface area contributed by atoms with Crippen LogP contribution in [0.2, 0.25) is 5.02 Å². The minimum Gasteiger partial charge on any atom is -0.494 e. The van der Waals surface area contributed by atoms with Crippen LogP contribution in [0.4, 0.5) is 0 Å².